The van der Waals surface area contributed by atoms with E-state index in [2.05, 4.69) is 66.9 Å². The van der Waals surface area contributed by atoms with Gasteiger partial charge in [-0.05, 0) is 50.9 Å². The van der Waals surface area contributed by atoms with Crippen LogP contribution in [0.4, 0.5) is 0 Å². The minimum atomic E-state index is -1.65. The number of allylic oxidation sites excluding steroid dienone is 12. The molecule has 7 N–H and O–H groups in total. The molecule has 0 aromatic carbocycles. The summed E-state index contributed by atoms with van der Waals surface area (Å²) in [6, 6.07) is -1.34. The molecule has 0 aromatic heterocycles. The molecule has 0 radical (unpaired) electrons. The number of nitrogens with two attached hydrogens (primary N) is 1. The number of aliphatic hydroxyl groups excluding tert-OH is 4. The number of nitrogens with one attached hydrogen (secondary N) is 1. The van der Waals surface area contributed by atoms with E-state index in [1.165, 1.54) is 0 Å². The monoisotopic (exact) mass is 588 g/mol. The Hall–Kier alpha value is -2.82. The van der Waals surface area contributed by atoms with E-state index in [0.29, 0.717) is 6.42 Å². The van der Waals surface area contributed by atoms with Crippen LogP contribution >= 0.6 is 0 Å². The highest BCUT2D eigenvalue weighted by molar-refractivity contribution is 5.87. The quantitative estimate of drug-likeness (QED) is 0.126. The van der Waals surface area contributed by atoms with Gasteiger partial charge >= 0.3 is 0 Å². The number of ether oxygens (including phenoxy) is 1. The minimum Gasteiger partial charge on any atom is -0.394 e. The number of aliphatic hydroxyl groups is 4. The molecule has 1 saturated heterocycles. The van der Waals surface area contributed by atoms with Crippen molar-refractivity contribution in [3.05, 3.63) is 72.9 Å². The summed E-state index contributed by atoms with van der Waals surface area (Å²) in [4.78, 5) is 25.5. The normalized spacial score (nSPS) is 25.2. The number of carbonyl (C=O) groups excluding carboxylic acids is 2. The van der Waals surface area contributed by atoms with E-state index in [1.54, 1.807) is 13.8 Å². The molecule has 0 aromatic rings. The Morgan fingerprint density at radius 3 is 1.64 bits per heavy atom. The molecular formula is C33H52N2O7. The lowest BCUT2D eigenvalue weighted by atomic mass is 9.79. The molecule has 1 rings (SSSR count). The summed E-state index contributed by atoms with van der Waals surface area (Å²) >= 11 is 0. The first-order valence-electron chi connectivity index (χ1n) is 15.0. The molecule has 1 unspecified atom stereocenters. The lowest BCUT2D eigenvalue weighted by molar-refractivity contribution is -0.254. The van der Waals surface area contributed by atoms with Gasteiger partial charge in [-0.2, -0.15) is 0 Å². The highest BCUT2D eigenvalue weighted by Crippen LogP contribution is 2.27. The highest BCUT2D eigenvalue weighted by atomic mass is 16.6. The van der Waals surface area contributed by atoms with Crippen LogP contribution in [-0.4, -0.2) is 69.5 Å². The SMILES string of the molecule is CCC=CCC=CCC=CCC=CCC=CCC=CCC(C(N)=O)[C@@H](C(=O)N[C@@H]1[C@@H](O)[C@H](O)[C@@H](CO)O[C@H]1O)C(C)C. The molecule has 0 spiro atoms. The molecule has 1 heterocycles. The predicted molar refractivity (Wildman–Crippen MR) is 166 cm³/mol. The Morgan fingerprint density at radius 2 is 1.24 bits per heavy atom. The van der Waals surface area contributed by atoms with Crippen LogP contribution in [0.5, 0.6) is 0 Å². The Balaban J connectivity index is 2.52. The van der Waals surface area contributed by atoms with Crippen LogP contribution < -0.4 is 11.1 Å². The van der Waals surface area contributed by atoms with Crippen LogP contribution in [0.1, 0.15) is 65.7 Å². The van der Waals surface area contributed by atoms with E-state index in [9.17, 15) is 30.0 Å². The van der Waals surface area contributed by atoms with E-state index in [4.69, 9.17) is 10.5 Å². The topological polar surface area (TPSA) is 162 Å². The second-order valence-corrected chi connectivity index (χ2v) is 10.7. The first kappa shape index (κ1) is 37.2. The van der Waals surface area contributed by atoms with Crippen LogP contribution in [0.2, 0.25) is 0 Å². The lowest BCUT2D eigenvalue weighted by Gasteiger charge is -2.41. The maximum Gasteiger partial charge on any atom is 0.224 e. The predicted octanol–water partition coefficient (Wildman–Crippen LogP) is 3.36. The average molecular weight is 589 g/mol. The van der Waals surface area contributed by atoms with Crippen molar-refractivity contribution >= 4 is 11.8 Å². The van der Waals surface area contributed by atoms with Crippen LogP contribution in [-0.2, 0) is 14.3 Å². The minimum absolute atomic E-state index is 0.248. The fraction of sp³-hybridized carbons (Fsp3) is 0.576. The molecule has 42 heavy (non-hydrogen) atoms. The number of hydrogen-bond acceptors (Lipinski definition) is 7. The Bertz CT molecular complexity index is 954. The third-order valence-electron chi connectivity index (χ3n) is 7.02. The van der Waals surface area contributed by atoms with Crippen molar-refractivity contribution in [2.24, 2.45) is 23.5 Å². The third-order valence-corrected chi connectivity index (χ3v) is 7.02. The Kier molecular flexibility index (Phi) is 19.3. The van der Waals surface area contributed by atoms with E-state index in [1.807, 2.05) is 18.2 Å². The number of amides is 2. The zero-order valence-corrected chi connectivity index (χ0v) is 25.3. The van der Waals surface area contributed by atoms with E-state index in [-0.39, 0.29) is 12.3 Å². The van der Waals surface area contributed by atoms with Gasteiger partial charge in [0.1, 0.15) is 24.4 Å². The highest BCUT2D eigenvalue weighted by Gasteiger charge is 2.45. The number of rotatable bonds is 19. The molecule has 7 atom stereocenters. The fourth-order valence-corrected chi connectivity index (χ4v) is 4.67. The first-order valence-corrected chi connectivity index (χ1v) is 15.0. The largest absolute Gasteiger partial charge is 0.394 e. The maximum absolute atomic E-state index is 13.2. The zero-order chi connectivity index (χ0) is 31.3. The molecule has 0 bridgehead atoms. The van der Waals surface area contributed by atoms with Crippen molar-refractivity contribution in [1.29, 1.82) is 0 Å². The first-order chi connectivity index (χ1) is 20.1. The van der Waals surface area contributed by atoms with Crippen molar-refractivity contribution in [3.8, 4) is 0 Å². The maximum atomic E-state index is 13.2. The third kappa shape index (κ3) is 13.9. The van der Waals surface area contributed by atoms with Crippen LogP contribution in [0.15, 0.2) is 72.9 Å². The summed E-state index contributed by atoms with van der Waals surface area (Å²) in [7, 11) is 0. The number of primary amides is 1. The van der Waals surface area contributed by atoms with Crippen molar-refractivity contribution in [2.45, 2.75) is 96.4 Å². The van der Waals surface area contributed by atoms with Crippen molar-refractivity contribution < 1.29 is 34.8 Å². The summed E-state index contributed by atoms with van der Waals surface area (Å²) in [6.07, 6.45) is 24.8. The average Bonchev–Trinajstić information content (AvgIpc) is 2.95. The van der Waals surface area contributed by atoms with E-state index in [0.717, 1.165) is 32.1 Å². The standard InChI is InChI=1S/C33H52N2O7/c1-4-5-6-7-8-9-10-11-12-13-14-15-16-17-18-19-20-21-22-25(31(34)39)27(24(2)3)32(40)35-28-30(38)29(37)26(23-36)42-33(28)41/h5-6,8-9,11-12,14-15,17-18,20-21,24-30,33,36-38,41H,4,7,10,13,16,19,22-23H2,1-3H3,(H2,34,39)(H,35,40)/t25?,26-,27+,28-,29-,30-,33-/m1/s1. The van der Waals surface area contributed by atoms with Crippen molar-refractivity contribution in [2.75, 3.05) is 6.61 Å². The summed E-state index contributed by atoms with van der Waals surface area (Å²) in [6.45, 7) is 5.08. The zero-order valence-electron chi connectivity index (χ0n) is 25.3. The molecule has 0 saturated carbocycles. The Labute approximate surface area is 251 Å². The second kappa shape index (κ2) is 21.8. The molecule has 2 amide bonds. The molecule has 236 valence electrons. The fourth-order valence-electron chi connectivity index (χ4n) is 4.67. The van der Waals surface area contributed by atoms with Gasteiger partial charge in [-0.15, -0.1) is 0 Å². The van der Waals surface area contributed by atoms with Gasteiger partial charge < -0.3 is 36.2 Å². The van der Waals surface area contributed by atoms with Gasteiger partial charge in [0.25, 0.3) is 0 Å². The van der Waals surface area contributed by atoms with Crippen LogP contribution in [0.25, 0.3) is 0 Å². The molecule has 1 aliphatic rings. The van der Waals surface area contributed by atoms with E-state index < -0.39 is 60.9 Å². The number of carbonyl (C=O) groups is 2. The Morgan fingerprint density at radius 1 is 0.786 bits per heavy atom. The van der Waals surface area contributed by atoms with Gasteiger partial charge in [-0.1, -0.05) is 93.7 Å². The van der Waals surface area contributed by atoms with Crippen LogP contribution in [0, 0.1) is 17.8 Å². The molecule has 0 aliphatic carbocycles. The van der Waals surface area contributed by atoms with Gasteiger partial charge in [-0.25, -0.2) is 0 Å². The smallest absolute Gasteiger partial charge is 0.224 e. The summed E-state index contributed by atoms with van der Waals surface area (Å²) in [5.74, 6) is -3.17. The van der Waals surface area contributed by atoms with Gasteiger partial charge in [0.05, 0.1) is 18.4 Å². The van der Waals surface area contributed by atoms with Crippen molar-refractivity contribution in [3.63, 3.8) is 0 Å². The van der Waals surface area contributed by atoms with Crippen molar-refractivity contribution in [1.82, 2.24) is 5.32 Å². The summed E-state index contributed by atoms with van der Waals surface area (Å²) < 4.78 is 5.11. The van der Waals surface area contributed by atoms with E-state index >= 15 is 0 Å². The number of hydrogen-bond donors (Lipinski definition) is 6. The molecule has 1 fully saturated rings. The molecule has 1 aliphatic heterocycles. The molecule has 9 nitrogen and oxygen atoms in total. The van der Waals surface area contributed by atoms with Gasteiger partial charge in [0.2, 0.25) is 11.8 Å². The molecular weight excluding hydrogens is 536 g/mol. The van der Waals surface area contributed by atoms with Gasteiger partial charge in [-0.3, -0.25) is 9.59 Å². The van der Waals surface area contributed by atoms with Gasteiger partial charge in [0, 0.05) is 0 Å². The second-order valence-electron chi connectivity index (χ2n) is 10.7. The summed E-state index contributed by atoms with van der Waals surface area (Å²) in [5.41, 5.74) is 5.66. The van der Waals surface area contributed by atoms with Crippen LogP contribution in [0.3, 0.4) is 0 Å². The van der Waals surface area contributed by atoms with Gasteiger partial charge in [0.15, 0.2) is 6.29 Å². The molecule has 9 heteroatoms. The lowest BCUT2D eigenvalue weighted by Crippen LogP contribution is -2.65. The summed E-state index contributed by atoms with van der Waals surface area (Å²) in [5, 5.41) is 42.4.